The van der Waals surface area contributed by atoms with Crippen molar-refractivity contribution in [3.05, 3.63) is 87.7 Å². The van der Waals surface area contributed by atoms with E-state index in [1.54, 1.807) is 48.7 Å². The fraction of sp³-hybridized carbons (Fsp3) is 0.0870. The number of amidine groups is 1. The van der Waals surface area contributed by atoms with Gasteiger partial charge in [-0.05, 0) is 71.4 Å². The standard InChI is InChI=1S/C23H18ClN3O4S/c1-30-20-11-16(6-9-19(20)28)13-25-26-23-27(14-18-3-2-10-31-18)22(29)21(32-23)12-15-4-7-17(24)8-5-15/h2-13,28H,14H2,1H3/b21-12-,25-13-,26-23+. The Labute approximate surface area is 193 Å². The van der Waals surface area contributed by atoms with Crippen LogP contribution in [0.1, 0.15) is 16.9 Å². The van der Waals surface area contributed by atoms with Crippen LogP contribution in [0.5, 0.6) is 11.5 Å². The third kappa shape index (κ3) is 5.04. The van der Waals surface area contributed by atoms with Crippen LogP contribution in [0.15, 0.2) is 80.4 Å². The molecular weight excluding hydrogens is 450 g/mol. The summed E-state index contributed by atoms with van der Waals surface area (Å²) in [6.07, 6.45) is 4.86. The lowest BCUT2D eigenvalue weighted by Crippen LogP contribution is -2.28. The van der Waals surface area contributed by atoms with E-state index in [1.165, 1.54) is 36.1 Å². The Morgan fingerprint density at radius 1 is 1.19 bits per heavy atom. The Morgan fingerprint density at radius 3 is 2.69 bits per heavy atom. The normalized spacial score (nSPS) is 16.6. The molecule has 2 aromatic carbocycles. The highest BCUT2D eigenvalue weighted by Gasteiger charge is 2.34. The number of methoxy groups -OCH3 is 1. The van der Waals surface area contributed by atoms with Crippen LogP contribution < -0.4 is 4.74 Å². The first-order valence-electron chi connectivity index (χ1n) is 9.51. The number of halogens is 1. The number of furan rings is 1. The first-order valence-corrected chi connectivity index (χ1v) is 10.7. The summed E-state index contributed by atoms with van der Waals surface area (Å²) in [4.78, 5) is 15.1. The summed E-state index contributed by atoms with van der Waals surface area (Å²) < 4.78 is 10.5. The summed E-state index contributed by atoms with van der Waals surface area (Å²) in [5.74, 6) is 0.808. The molecule has 0 atom stereocenters. The lowest BCUT2D eigenvalue weighted by molar-refractivity contribution is -0.122. The van der Waals surface area contributed by atoms with Crippen LogP contribution in [0.3, 0.4) is 0 Å². The summed E-state index contributed by atoms with van der Waals surface area (Å²) in [6, 6.07) is 15.6. The SMILES string of the molecule is COc1cc(/C=N\N=C2\S/C(=C\c3ccc(Cl)cc3)C(=O)N2Cc2ccco2)ccc1O. The van der Waals surface area contributed by atoms with Gasteiger partial charge in [0.1, 0.15) is 5.76 Å². The second-order valence-electron chi connectivity index (χ2n) is 6.69. The Bertz CT molecular complexity index is 1200. The van der Waals surface area contributed by atoms with Crippen molar-refractivity contribution in [1.82, 2.24) is 4.90 Å². The monoisotopic (exact) mass is 467 g/mol. The number of hydrogen-bond donors (Lipinski definition) is 1. The predicted molar refractivity (Wildman–Crippen MR) is 126 cm³/mol. The van der Waals surface area contributed by atoms with E-state index in [0.29, 0.717) is 32.2 Å². The van der Waals surface area contributed by atoms with Crippen molar-refractivity contribution >= 4 is 46.7 Å². The molecule has 1 aliphatic rings. The molecule has 32 heavy (non-hydrogen) atoms. The number of aromatic hydroxyl groups is 1. The second-order valence-corrected chi connectivity index (χ2v) is 8.14. The summed E-state index contributed by atoms with van der Waals surface area (Å²) in [5.41, 5.74) is 1.54. The summed E-state index contributed by atoms with van der Waals surface area (Å²) in [6.45, 7) is 0.234. The molecule has 9 heteroatoms. The van der Waals surface area contributed by atoms with Crippen LogP contribution in [-0.2, 0) is 11.3 Å². The van der Waals surface area contributed by atoms with Gasteiger partial charge in [0.15, 0.2) is 16.7 Å². The number of nitrogens with zero attached hydrogens (tertiary/aromatic N) is 3. The van der Waals surface area contributed by atoms with Gasteiger partial charge in [0, 0.05) is 5.02 Å². The molecule has 1 aliphatic heterocycles. The molecule has 0 bridgehead atoms. The zero-order valence-electron chi connectivity index (χ0n) is 16.9. The molecule has 0 saturated carbocycles. The highest BCUT2D eigenvalue weighted by atomic mass is 35.5. The van der Waals surface area contributed by atoms with Gasteiger partial charge in [-0.3, -0.25) is 9.69 Å². The van der Waals surface area contributed by atoms with Crippen LogP contribution in [0, 0.1) is 0 Å². The number of benzene rings is 2. The van der Waals surface area contributed by atoms with E-state index in [1.807, 2.05) is 12.1 Å². The maximum atomic E-state index is 13.1. The van der Waals surface area contributed by atoms with Crippen LogP contribution >= 0.6 is 23.4 Å². The highest BCUT2D eigenvalue weighted by Crippen LogP contribution is 2.34. The number of carbonyl (C=O) groups excluding carboxylic acids is 1. The van der Waals surface area contributed by atoms with E-state index < -0.39 is 0 Å². The van der Waals surface area contributed by atoms with Crippen LogP contribution in [0.4, 0.5) is 0 Å². The number of carbonyl (C=O) groups is 1. The molecule has 3 aromatic rings. The van der Waals surface area contributed by atoms with Gasteiger partial charge in [0.05, 0.1) is 31.0 Å². The zero-order valence-corrected chi connectivity index (χ0v) is 18.5. The Morgan fingerprint density at radius 2 is 1.97 bits per heavy atom. The van der Waals surface area contributed by atoms with E-state index in [4.69, 9.17) is 20.8 Å². The number of thioether (sulfide) groups is 1. The van der Waals surface area contributed by atoms with Crippen molar-refractivity contribution in [2.24, 2.45) is 10.2 Å². The lowest BCUT2D eigenvalue weighted by Gasteiger charge is -2.12. The molecule has 1 amide bonds. The maximum Gasteiger partial charge on any atom is 0.267 e. The van der Waals surface area contributed by atoms with Crippen molar-refractivity contribution in [1.29, 1.82) is 0 Å². The van der Waals surface area contributed by atoms with Gasteiger partial charge < -0.3 is 14.3 Å². The predicted octanol–water partition coefficient (Wildman–Crippen LogP) is 5.15. The largest absolute Gasteiger partial charge is 0.504 e. The minimum Gasteiger partial charge on any atom is -0.504 e. The van der Waals surface area contributed by atoms with Gasteiger partial charge >= 0.3 is 0 Å². The topological polar surface area (TPSA) is 87.6 Å². The zero-order chi connectivity index (χ0) is 22.5. The van der Waals surface area contributed by atoms with Crippen LogP contribution in [0.25, 0.3) is 6.08 Å². The van der Waals surface area contributed by atoms with Crippen LogP contribution in [-0.4, -0.2) is 34.4 Å². The van der Waals surface area contributed by atoms with Gasteiger partial charge in [0.25, 0.3) is 5.91 Å². The van der Waals surface area contributed by atoms with E-state index in [2.05, 4.69) is 10.2 Å². The molecule has 1 saturated heterocycles. The second kappa shape index (κ2) is 9.76. The van der Waals surface area contributed by atoms with E-state index in [9.17, 15) is 9.90 Å². The number of amides is 1. The Balaban J connectivity index is 1.61. The average molecular weight is 468 g/mol. The quantitative estimate of drug-likeness (QED) is 0.307. The summed E-state index contributed by atoms with van der Waals surface area (Å²) in [5, 5.41) is 19.2. The van der Waals surface area contributed by atoms with Gasteiger partial charge in [-0.1, -0.05) is 23.7 Å². The van der Waals surface area contributed by atoms with Gasteiger partial charge in [-0.15, -0.1) is 5.10 Å². The van der Waals surface area contributed by atoms with Gasteiger partial charge in [-0.2, -0.15) is 5.10 Å². The van der Waals surface area contributed by atoms with Gasteiger partial charge in [0.2, 0.25) is 0 Å². The summed E-state index contributed by atoms with van der Waals surface area (Å²) in [7, 11) is 1.47. The van der Waals surface area contributed by atoms with Crippen LogP contribution in [0.2, 0.25) is 5.02 Å². The number of ether oxygens (including phenoxy) is 1. The molecule has 0 spiro atoms. The number of rotatable bonds is 6. The van der Waals surface area contributed by atoms with Crippen molar-refractivity contribution in [2.45, 2.75) is 6.54 Å². The maximum absolute atomic E-state index is 13.1. The van der Waals surface area contributed by atoms with Crippen molar-refractivity contribution < 1.29 is 19.1 Å². The molecule has 0 aliphatic carbocycles. The number of phenolic OH excluding ortho intramolecular Hbond substituents is 1. The minimum absolute atomic E-state index is 0.0366. The van der Waals surface area contributed by atoms with Crippen molar-refractivity contribution in [3.8, 4) is 11.5 Å². The Hall–Kier alpha value is -3.49. The Kier molecular flexibility index (Phi) is 6.63. The first-order chi connectivity index (χ1) is 15.5. The first kappa shape index (κ1) is 21.7. The summed E-state index contributed by atoms with van der Waals surface area (Å²) >= 11 is 7.18. The fourth-order valence-electron chi connectivity index (χ4n) is 2.91. The number of phenols is 1. The third-order valence-electron chi connectivity index (χ3n) is 4.50. The molecule has 7 nitrogen and oxygen atoms in total. The van der Waals surface area contributed by atoms with Gasteiger partial charge in [-0.25, -0.2) is 0 Å². The smallest absolute Gasteiger partial charge is 0.267 e. The molecule has 0 unspecified atom stereocenters. The lowest BCUT2D eigenvalue weighted by atomic mass is 10.2. The average Bonchev–Trinajstić information content (AvgIpc) is 3.41. The van der Waals surface area contributed by atoms with Crippen molar-refractivity contribution in [2.75, 3.05) is 7.11 Å². The molecule has 4 rings (SSSR count). The molecule has 1 aromatic heterocycles. The van der Waals surface area contributed by atoms with Crippen molar-refractivity contribution in [3.63, 3.8) is 0 Å². The minimum atomic E-state index is -0.193. The van der Waals surface area contributed by atoms with E-state index >= 15 is 0 Å². The molecule has 1 N–H and O–H groups in total. The number of hydrogen-bond acceptors (Lipinski definition) is 7. The molecular formula is C23H18ClN3O4S. The molecule has 162 valence electrons. The highest BCUT2D eigenvalue weighted by molar-refractivity contribution is 8.18. The molecule has 1 fully saturated rings. The van der Waals surface area contributed by atoms with E-state index in [-0.39, 0.29) is 18.2 Å². The molecule has 2 heterocycles. The van der Waals surface area contributed by atoms with E-state index in [0.717, 1.165) is 5.56 Å². The fourth-order valence-corrected chi connectivity index (χ4v) is 3.97. The molecule has 0 radical (unpaired) electrons. The third-order valence-corrected chi connectivity index (χ3v) is 5.75.